The van der Waals surface area contributed by atoms with Crippen molar-refractivity contribution in [2.24, 2.45) is 0 Å². The van der Waals surface area contributed by atoms with Gasteiger partial charge in [0, 0.05) is 23.3 Å². The molecule has 26 heavy (non-hydrogen) atoms. The van der Waals surface area contributed by atoms with Crippen LogP contribution in [0.3, 0.4) is 0 Å². The summed E-state index contributed by atoms with van der Waals surface area (Å²) in [5.41, 5.74) is 2.77. The van der Waals surface area contributed by atoms with Crippen LogP contribution in [0, 0.1) is 0 Å². The highest BCUT2D eigenvalue weighted by Gasteiger charge is 2.11. The van der Waals surface area contributed by atoms with Crippen LogP contribution in [0.5, 0.6) is 0 Å². The zero-order valence-electron chi connectivity index (χ0n) is 14.1. The van der Waals surface area contributed by atoms with E-state index in [4.69, 9.17) is 0 Å². The van der Waals surface area contributed by atoms with E-state index in [1.807, 2.05) is 30.3 Å². The summed E-state index contributed by atoms with van der Waals surface area (Å²) < 4.78 is 4.68. The number of carbonyl (C=O) groups is 2. The van der Waals surface area contributed by atoms with Crippen LogP contribution in [-0.4, -0.2) is 24.0 Å². The van der Waals surface area contributed by atoms with Crippen molar-refractivity contribution in [3.05, 3.63) is 84.2 Å². The minimum Gasteiger partial charge on any atom is -0.465 e. The van der Waals surface area contributed by atoms with Gasteiger partial charge in [0.2, 0.25) is 0 Å². The largest absolute Gasteiger partial charge is 0.465 e. The lowest BCUT2D eigenvalue weighted by Gasteiger charge is -2.09. The molecular weight excluding hydrogens is 330 g/mol. The second-order valence-electron chi connectivity index (χ2n) is 5.45. The van der Waals surface area contributed by atoms with Crippen LogP contribution in [0.4, 0.5) is 17.1 Å². The smallest absolute Gasteiger partial charge is 0.337 e. The fourth-order valence-corrected chi connectivity index (χ4v) is 2.36. The SMILES string of the molecule is COC(=O)c1cccc(NC(=O)c2cc(Nc3ccccc3)ccn2)c1. The number of hydrogen-bond donors (Lipinski definition) is 2. The lowest BCUT2D eigenvalue weighted by molar-refractivity contribution is 0.0600. The van der Waals surface area contributed by atoms with E-state index in [1.165, 1.54) is 7.11 Å². The van der Waals surface area contributed by atoms with Crippen molar-refractivity contribution in [3.8, 4) is 0 Å². The third-order valence-corrected chi connectivity index (χ3v) is 3.60. The summed E-state index contributed by atoms with van der Waals surface area (Å²) >= 11 is 0. The Bertz CT molecular complexity index is 926. The molecule has 6 heteroatoms. The Morgan fingerprint density at radius 3 is 2.42 bits per heavy atom. The van der Waals surface area contributed by atoms with Crippen LogP contribution >= 0.6 is 0 Å². The molecule has 0 aliphatic heterocycles. The predicted molar refractivity (Wildman–Crippen MR) is 99.7 cm³/mol. The number of rotatable bonds is 5. The van der Waals surface area contributed by atoms with Crippen molar-refractivity contribution in [3.63, 3.8) is 0 Å². The molecule has 1 heterocycles. The van der Waals surface area contributed by atoms with Gasteiger partial charge in [-0.25, -0.2) is 4.79 Å². The molecular formula is C20H17N3O3. The zero-order chi connectivity index (χ0) is 18.4. The van der Waals surface area contributed by atoms with Crippen LogP contribution in [0.25, 0.3) is 0 Å². The number of esters is 1. The maximum absolute atomic E-state index is 12.5. The summed E-state index contributed by atoms with van der Waals surface area (Å²) in [5, 5.41) is 5.95. The number of carbonyl (C=O) groups excluding carboxylic acids is 2. The van der Waals surface area contributed by atoms with Gasteiger partial charge in [0.05, 0.1) is 12.7 Å². The Labute approximate surface area is 150 Å². The van der Waals surface area contributed by atoms with Crippen LogP contribution in [0.1, 0.15) is 20.8 Å². The fraction of sp³-hybridized carbons (Fsp3) is 0.0500. The van der Waals surface area contributed by atoms with E-state index in [0.29, 0.717) is 11.3 Å². The lowest BCUT2D eigenvalue weighted by Crippen LogP contribution is -2.14. The first-order valence-electron chi connectivity index (χ1n) is 7.93. The Hall–Kier alpha value is -3.67. The second-order valence-corrected chi connectivity index (χ2v) is 5.45. The van der Waals surface area contributed by atoms with Crippen LogP contribution < -0.4 is 10.6 Å². The van der Waals surface area contributed by atoms with Crippen LogP contribution in [0.2, 0.25) is 0 Å². The van der Waals surface area contributed by atoms with E-state index >= 15 is 0 Å². The number of hydrogen-bond acceptors (Lipinski definition) is 5. The van der Waals surface area contributed by atoms with Gasteiger partial charge in [-0.15, -0.1) is 0 Å². The Balaban J connectivity index is 1.74. The monoisotopic (exact) mass is 347 g/mol. The van der Waals surface area contributed by atoms with E-state index in [9.17, 15) is 9.59 Å². The predicted octanol–water partition coefficient (Wildman–Crippen LogP) is 3.86. The Morgan fingerprint density at radius 1 is 0.885 bits per heavy atom. The summed E-state index contributed by atoms with van der Waals surface area (Å²) in [6.07, 6.45) is 1.56. The number of ether oxygens (including phenoxy) is 1. The molecule has 0 spiro atoms. The number of benzene rings is 2. The number of nitrogens with one attached hydrogen (secondary N) is 2. The molecule has 1 amide bonds. The van der Waals surface area contributed by atoms with Crippen molar-refractivity contribution in [2.75, 3.05) is 17.7 Å². The molecule has 2 N–H and O–H groups in total. The molecule has 6 nitrogen and oxygen atoms in total. The minimum atomic E-state index is -0.465. The van der Waals surface area contributed by atoms with Crippen molar-refractivity contribution < 1.29 is 14.3 Å². The van der Waals surface area contributed by atoms with Gasteiger partial charge in [0.25, 0.3) is 5.91 Å². The highest BCUT2D eigenvalue weighted by atomic mass is 16.5. The molecule has 0 saturated heterocycles. The van der Waals surface area contributed by atoms with Crippen molar-refractivity contribution >= 4 is 28.9 Å². The first-order valence-corrected chi connectivity index (χ1v) is 7.93. The molecule has 0 saturated carbocycles. The van der Waals surface area contributed by atoms with E-state index in [-0.39, 0.29) is 11.6 Å². The van der Waals surface area contributed by atoms with Gasteiger partial charge in [-0.2, -0.15) is 0 Å². The number of anilines is 3. The first-order chi connectivity index (χ1) is 12.7. The van der Waals surface area contributed by atoms with Gasteiger partial charge in [0.1, 0.15) is 5.69 Å². The molecule has 0 atom stereocenters. The molecule has 0 aliphatic rings. The molecule has 0 bridgehead atoms. The summed E-state index contributed by atoms with van der Waals surface area (Å²) in [6.45, 7) is 0. The van der Waals surface area contributed by atoms with Crippen molar-refractivity contribution in [1.82, 2.24) is 4.98 Å². The molecule has 0 unspecified atom stereocenters. The van der Waals surface area contributed by atoms with E-state index in [1.54, 1.807) is 42.6 Å². The molecule has 0 fully saturated rings. The third-order valence-electron chi connectivity index (χ3n) is 3.60. The summed E-state index contributed by atoms with van der Waals surface area (Å²) in [5.74, 6) is -0.836. The maximum Gasteiger partial charge on any atom is 0.337 e. The number of nitrogens with zero attached hydrogens (tertiary/aromatic N) is 1. The third kappa shape index (κ3) is 4.24. The topological polar surface area (TPSA) is 80.3 Å². The molecule has 0 radical (unpaired) electrons. The van der Waals surface area contributed by atoms with Gasteiger partial charge in [0.15, 0.2) is 0 Å². The summed E-state index contributed by atoms with van der Waals surface area (Å²) in [4.78, 5) is 28.1. The molecule has 3 rings (SSSR count). The number of para-hydroxylation sites is 1. The molecule has 2 aromatic carbocycles. The fourth-order valence-electron chi connectivity index (χ4n) is 2.36. The Kier molecular flexibility index (Phi) is 5.24. The molecule has 3 aromatic rings. The average Bonchev–Trinajstić information content (AvgIpc) is 2.68. The van der Waals surface area contributed by atoms with E-state index < -0.39 is 5.97 Å². The number of aromatic nitrogens is 1. The van der Waals surface area contributed by atoms with Gasteiger partial charge >= 0.3 is 5.97 Å². The second kappa shape index (κ2) is 7.94. The average molecular weight is 347 g/mol. The first kappa shape index (κ1) is 17.2. The Morgan fingerprint density at radius 2 is 1.65 bits per heavy atom. The van der Waals surface area contributed by atoms with Crippen molar-refractivity contribution in [1.29, 1.82) is 0 Å². The van der Waals surface area contributed by atoms with Gasteiger partial charge in [-0.1, -0.05) is 24.3 Å². The van der Waals surface area contributed by atoms with Gasteiger partial charge in [-0.3, -0.25) is 9.78 Å². The van der Waals surface area contributed by atoms with E-state index in [0.717, 1.165) is 11.4 Å². The highest BCUT2D eigenvalue weighted by molar-refractivity contribution is 6.04. The highest BCUT2D eigenvalue weighted by Crippen LogP contribution is 2.17. The van der Waals surface area contributed by atoms with Gasteiger partial charge < -0.3 is 15.4 Å². The summed E-state index contributed by atoms with van der Waals surface area (Å²) in [6, 6.07) is 19.6. The van der Waals surface area contributed by atoms with Crippen LogP contribution in [0.15, 0.2) is 72.9 Å². The lowest BCUT2D eigenvalue weighted by atomic mass is 10.2. The van der Waals surface area contributed by atoms with E-state index in [2.05, 4.69) is 20.4 Å². The van der Waals surface area contributed by atoms with Gasteiger partial charge in [-0.05, 0) is 42.5 Å². The van der Waals surface area contributed by atoms with Crippen molar-refractivity contribution in [2.45, 2.75) is 0 Å². The maximum atomic E-state index is 12.5. The van der Waals surface area contributed by atoms with Crippen LogP contribution in [-0.2, 0) is 4.74 Å². The standard InChI is InChI=1S/C20H17N3O3/c1-26-20(25)14-6-5-9-16(12-14)23-19(24)18-13-17(10-11-21-18)22-15-7-3-2-4-8-15/h2-13H,1H3,(H,21,22)(H,23,24). The zero-order valence-corrected chi connectivity index (χ0v) is 14.1. The number of methoxy groups -OCH3 is 1. The molecule has 0 aliphatic carbocycles. The normalized spacial score (nSPS) is 10.0. The molecule has 1 aromatic heterocycles. The quantitative estimate of drug-likeness (QED) is 0.685. The summed E-state index contributed by atoms with van der Waals surface area (Å²) in [7, 11) is 1.31. The number of pyridine rings is 1. The molecule has 130 valence electrons. The number of amides is 1. The minimum absolute atomic E-state index is 0.259.